The van der Waals surface area contributed by atoms with Gasteiger partial charge in [-0.1, -0.05) is 11.6 Å². The van der Waals surface area contributed by atoms with Crippen LogP contribution < -0.4 is 14.8 Å². The number of carbonyl (C=O) groups is 2. The molecule has 0 aliphatic carbocycles. The number of nitrogens with one attached hydrogen (secondary N) is 1. The number of hydrogen-bond acceptors (Lipinski definition) is 7. The first-order chi connectivity index (χ1) is 14.5. The van der Waals surface area contributed by atoms with Crippen LogP contribution in [0.5, 0.6) is 11.5 Å². The number of hydrogen-bond donors (Lipinski definition) is 1. The molecule has 30 heavy (non-hydrogen) atoms. The maximum atomic E-state index is 12.5. The third-order valence-corrected chi connectivity index (χ3v) is 5.60. The fraction of sp³-hybridized carbons (Fsp3) is 0.600. The van der Waals surface area contributed by atoms with Gasteiger partial charge in [-0.15, -0.1) is 0 Å². The quantitative estimate of drug-likeness (QED) is 0.670. The summed E-state index contributed by atoms with van der Waals surface area (Å²) >= 11 is 6.11. The standard InChI is InChI=1S/C20H29ClN4O5/c1-28-17-12-16(18(29-2)11-15(17)21)22-19(26)13-23-3-5-25(6-4-23)20(27)14-24-7-9-30-10-8-24/h11-12H,3-10,13-14H2,1-2H3,(H,22,26). The topological polar surface area (TPSA) is 83.6 Å². The Morgan fingerprint density at radius 3 is 2.23 bits per heavy atom. The molecule has 0 bridgehead atoms. The highest BCUT2D eigenvalue weighted by Gasteiger charge is 2.24. The molecular weight excluding hydrogens is 412 g/mol. The zero-order valence-electron chi connectivity index (χ0n) is 17.5. The van der Waals surface area contributed by atoms with E-state index in [2.05, 4.69) is 10.2 Å². The van der Waals surface area contributed by atoms with Gasteiger partial charge in [0.05, 0.1) is 51.2 Å². The fourth-order valence-electron chi connectivity index (χ4n) is 3.56. The summed E-state index contributed by atoms with van der Waals surface area (Å²) in [6, 6.07) is 3.25. The third kappa shape index (κ3) is 5.98. The number of anilines is 1. The van der Waals surface area contributed by atoms with Crippen LogP contribution in [0, 0.1) is 0 Å². The largest absolute Gasteiger partial charge is 0.495 e. The van der Waals surface area contributed by atoms with E-state index in [9.17, 15) is 9.59 Å². The number of halogens is 1. The van der Waals surface area contributed by atoms with Crippen molar-refractivity contribution in [1.82, 2.24) is 14.7 Å². The fourth-order valence-corrected chi connectivity index (χ4v) is 3.79. The van der Waals surface area contributed by atoms with E-state index in [1.165, 1.54) is 14.2 Å². The number of benzene rings is 1. The molecule has 2 heterocycles. The monoisotopic (exact) mass is 440 g/mol. The van der Waals surface area contributed by atoms with Crippen LogP contribution in [0.15, 0.2) is 12.1 Å². The second-order valence-electron chi connectivity index (χ2n) is 7.28. The SMILES string of the molecule is COc1cc(NC(=O)CN2CCN(C(=O)CN3CCOCC3)CC2)c(OC)cc1Cl. The molecule has 0 aromatic heterocycles. The molecule has 0 saturated carbocycles. The van der Waals surface area contributed by atoms with Crippen molar-refractivity contribution in [3.05, 3.63) is 17.2 Å². The van der Waals surface area contributed by atoms with Gasteiger partial charge in [0.25, 0.3) is 0 Å². The van der Waals surface area contributed by atoms with E-state index >= 15 is 0 Å². The summed E-state index contributed by atoms with van der Waals surface area (Å²) in [7, 11) is 3.03. The van der Waals surface area contributed by atoms with E-state index in [4.69, 9.17) is 25.8 Å². The van der Waals surface area contributed by atoms with Gasteiger partial charge in [-0.05, 0) is 0 Å². The number of piperazine rings is 1. The normalized spacial score (nSPS) is 18.2. The maximum absolute atomic E-state index is 12.5. The van der Waals surface area contributed by atoms with Gasteiger partial charge in [-0.3, -0.25) is 19.4 Å². The summed E-state index contributed by atoms with van der Waals surface area (Å²) < 4.78 is 15.8. The zero-order valence-corrected chi connectivity index (χ0v) is 18.2. The van der Waals surface area contributed by atoms with Crippen LogP contribution in [0.4, 0.5) is 5.69 Å². The summed E-state index contributed by atoms with van der Waals surface area (Å²) in [4.78, 5) is 31.1. The van der Waals surface area contributed by atoms with Crippen LogP contribution in [0.3, 0.4) is 0 Å². The molecule has 0 spiro atoms. The minimum atomic E-state index is -0.161. The van der Waals surface area contributed by atoms with Gasteiger partial charge >= 0.3 is 0 Å². The van der Waals surface area contributed by atoms with Crippen molar-refractivity contribution < 1.29 is 23.8 Å². The summed E-state index contributed by atoms with van der Waals surface area (Å²) in [5.74, 6) is 0.901. The molecule has 2 saturated heterocycles. The van der Waals surface area contributed by atoms with Crippen LogP contribution in [-0.4, -0.2) is 106 Å². The lowest BCUT2D eigenvalue weighted by molar-refractivity contribution is -0.135. The number of amides is 2. The van der Waals surface area contributed by atoms with E-state index < -0.39 is 0 Å². The molecule has 0 radical (unpaired) electrons. The number of carbonyl (C=O) groups excluding carboxylic acids is 2. The average molecular weight is 441 g/mol. The molecule has 10 heteroatoms. The first-order valence-electron chi connectivity index (χ1n) is 10.0. The van der Waals surface area contributed by atoms with E-state index in [0.29, 0.717) is 68.1 Å². The highest BCUT2D eigenvalue weighted by Crippen LogP contribution is 2.35. The summed E-state index contributed by atoms with van der Waals surface area (Å²) in [5, 5.41) is 3.26. The second kappa shape index (κ2) is 10.8. The lowest BCUT2D eigenvalue weighted by Gasteiger charge is -2.36. The lowest BCUT2D eigenvalue weighted by Crippen LogP contribution is -2.53. The van der Waals surface area contributed by atoms with Crippen molar-refractivity contribution in [3.8, 4) is 11.5 Å². The Morgan fingerprint density at radius 2 is 1.60 bits per heavy atom. The lowest BCUT2D eigenvalue weighted by atomic mass is 10.2. The number of morpholine rings is 1. The van der Waals surface area contributed by atoms with Crippen molar-refractivity contribution >= 4 is 29.1 Å². The molecule has 1 aromatic carbocycles. The minimum absolute atomic E-state index is 0.138. The Bertz CT molecular complexity index is 749. The molecule has 2 amide bonds. The molecule has 166 valence electrons. The van der Waals surface area contributed by atoms with Crippen LogP contribution >= 0.6 is 11.6 Å². The summed E-state index contributed by atoms with van der Waals surface area (Å²) in [6.45, 7) is 6.17. The number of methoxy groups -OCH3 is 2. The molecule has 0 atom stereocenters. The molecule has 2 aliphatic rings. The molecule has 2 aliphatic heterocycles. The van der Waals surface area contributed by atoms with Gasteiger partial charge in [-0.2, -0.15) is 0 Å². The van der Waals surface area contributed by atoms with Crippen molar-refractivity contribution in [2.45, 2.75) is 0 Å². The molecule has 1 aromatic rings. The minimum Gasteiger partial charge on any atom is -0.495 e. The van der Waals surface area contributed by atoms with E-state index in [0.717, 1.165) is 13.1 Å². The molecule has 9 nitrogen and oxygen atoms in total. The van der Waals surface area contributed by atoms with Crippen LogP contribution in [0.25, 0.3) is 0 Å². The molecule has 1 N–H and O–H groups in total. The second-order valence-corrected chi connectivity index (χ2v) is 7.69. The van der Waals surface area contributed by atoms with Gasteiger partial charge in [-0.25, -0.2) is 0 Å². The van der Waals surface area contributed by atoms with Crippen molar-refractivity contribution in [2.24, 2.45) is 0 Å². The molecule has 0 unspecified atom stereocenters. The van der Waals surface area contributed by atoms with E-state index in [1.54, 1.807) is 12.1 Å². The van der Waals surface area contributed by atoms with Gasteiger partial charge in [0.15, 0.2) is 0 Å². The maximum Gasteiger partial charge on any atom is 0.238 e. The van der Waals surface area contributed by atoms with Crippen molar-refractivity contribution in [2.75, 3.05) is 85.1 Å². The molecular formula is C20H29ClN4O5. The van der Waals surface area contributed by atoms with Gasteiger partial charge in [0.2, 0.25) is 11.8 Å². The van der Waals surface area contributed by atoms with Crippen molar-refractivity contribution in [3.63, 3.8) is 0 Å². The predicted octanol–water partition coefficient (Wildman–Crippen LogP) is 0.772. The zero-order chi connectivity index (χ0) is 21.5. The Hall–Kier alpha value is -2.07. The first kappa shape index (κ1) is 22.6. The van der Waals surface area contributed by atoms with E-state index in [-0.39, 0.29) is 18.4 Å². The molecule has 2 fully saturated rings. The summed E-state index contributed by atoms with van der Waals surface area (Å²) in [6.07, 6.45) is 0. The van der Waals surface area contributed by atoms with Crippen LogP contribution in [-0.2, 0) is 14.3 Å². The average Bonchev–Trinajstić information content (AvgIpc) is 2.75. The molecule has 3 rings (SSSR count). The number of nitrogens with zero attached hydrogens (tertiary/aromatic N) is 3. The Kier molecular flexibility index (Phi) is 8.15. The first-order valence-corrected chi connectivity index (χ1v) is 10.4. The predicted molar refractivity (Wildman–Crippen MR) is 113 cm³/mol. The van der Waals surface area contributed by atoms with E-state index in [1.807, 2.05) is 9.80 Å². The van der Waals surface area contributed by atoms with Gasteiger partial charge < -0.3 is 24.4 Å². The number of ether oxygens (including phenoxy) is 3. The smallest absolute Gasteiger partial charge is 0.238 e. The van der Waals surface area contributed by atoms with Crippen LogP contribution in [0.2, 0.25) is 5.02 Å². The van der Waals surface area contributed by atoms with Crippen LogP contribution in [0.1, 0.15) is 0 Å². The Morgan fingerprint density at radius 1 is 0.967 bits per heavy atom. The summed E-state index contributed by atoms with van der Waals surface area (Å²) in [5.41, 5.74) is 0.503. The van der Waals surface area contributed by atoms with Crippen molar-refractivity contribution in [1.29, 1.82) is 0 Å². The van der Waals surface area contributed by atoms with Gasteiger partial charge in [0.1, 0.15) is 11.5 Å². The number of rotatable bonds is 7. The highest BCUT2D eigenvalue weighted by molar-refractivity contribution is 6.32. The third-order valence-electron chi connectivity index (χ3n) is 5.30. The Balaban J connectivity index is 1.47. The highest BCUT2D eigenvalue weighted by atomic mass is 35.5. The Labute approximate surface area is 181 Å². The van der Waals surface area contributed by atoms with Gasteiger partial charge in [0, 0.05) is 51.4 Å².